The van der Waals surface area contributed by atoms with E-state index < -0.39 is 0 Å². The number of benzene rings is 1. The predicted molar refractivity (Wildman–Crippen MR) is 97.9 cm³/mol. The first-order valence-corrected chi connectivity index (χ1v) is 9.62. The van der Waals surface area contributed by atoms with E-state index in [9.17, 15) is 4.79 Å². The fourth-order valence-electron chi connectivity index (χ4n) is 3.89. The number of carbonyl (C=O) groups excluding carboxylic acids is 1. The van der Waals surface area contributed by atoms with Crippen LogP contribution in [0.15, 0.2) is 30.3 Å². The van der Waals surface area contributed by atoms with E-state index >= 15 is 0 Å². The van der Waals surface area contributed by atoms with Crippen LogP contribution < -0.4 is 15.4 Å². The molecule has 1 spiro atoms. The lowest BCUT2D eigenvalue weighted by Crippen LogP contribution is -2.50. The van der Waals surface area contributed by atoms with Gasteiger partial charge in [-0.2, -0.15) is 0 Å². The molecule has 2 N–H and O–H groups in total. The number of ether oxygens (including phenoxy) is 2. The number of nitrogens with one attached hydrogen (secondary N) is 2. The zero-order valence-corrected chi connectivity index (χ0v) is 15.0. The molecule has 25 heavy (non-hydrogen) atoms. The number of urea groups is 1. The molecule has 1 aromatic rings. The topological polar surface area (TPSA) is 59.6 Å². The van der Waals surface area contributed by atoms with Crippen molar-refractivity contribution in [3.63, 3.8) is 0 Å². The average Bonchev–Trinajstić information content (AvgIpc) is 3.06. The van der Waals surface area contributed by atoms with Crippen molar-refractivity contribution in [3.8, 4) is 5.75 Å². The number of hydrogen-bond acceptors (Lipinski definition) is 3. The quantitative estimate of drug-likeness (QED) is 0.741. The van der Waals surface area contributed by atoms with Crippen LogP contribution in [0.25, 0.3) is 0 Å². The highest BCUT2D eigenvalue weighted by Crippen LogP contribution is 2.39. The Morgan fingerprint density at radius 2 is 2.00 bits per heavy atom. The number of para-hydroxylation sites is 1. The van der Waals surface area contributed by atoms with Crippen LogP contribution >= 0.6 is 0 Å². The number of hydrogen-bond donors (Lipinski definition) is 2. The van der Waals surface area contributed by atoms with E-state index in [2.05, 4.69) is 10.6 Å². The molecule has 138 valence electrons. The monoisotopic (exact) mass is 346 g/mol. The van der Waals surface area contributed by atoms with Crippen molar-refractivity contribution >= 4 is 6.03 Å². The second-order valence-electron chi connectivity index (χ2n) is 7.20. The summed E-state index contributed by atoms with van der Waals surface area (Å²) in [6.07, 6.45) is 8.52. The lowest BCUT2D eigenvalue weighted by molar-refractivity contribution is -0.0820. The van der Waals surface area contributed by atoms with E-state index in [1.807, 2.05) is 30.3 Å². The summed E-state index contributed by atoms with van der Waals surface area (Å²) in [4.78, 5) is 12.1. The summed E-state index contributed by atoms with van der Waals surface area (Å²) >= 11 is 0. The Morgan fingerprint density at radius 1 is 1.20 bits per heavy atom. The molecule has 0 aromatic heterocycles. The third kappa shape index (κ3) is 5.63. The molecule has 5 nitrogen and oxygen atoms in total. The molecule has 2 amide bonds. The van der Waals surface area contributed by atoms with Crippen LogP contribution in [0.2, 0.25) is 0 Å². The van der Waals surface area contributed by atoms with Crippen LogP contribution in [0, 0.1) is 0 Å². The van der Waals surface area contributed by atoms with Crippen LogP contribution in [0.5, 0.6) is 5.75 Å². The van der Waals surface area contributed by atoms with Crippen LogP contribution in [0.1, 0.15) is 51.4 Å². The fraction of sp³-hybridized carbons (Fsp3) is 0.650. The van der Waals surface area contributed by atoms with Crippen LogP contribution in [0.4, 0.5) is 4.79 Å². The molecule has 1 aliphatic heterocycles. The molecule has 5 heteroatoms. The zero-order chi connectivity index (χ0) is 17.4. The summed E-state index contributed by atoms with van der Waals surface area (Å²) in [5.74, 6) is 0.897. The van der Waals surface area contributed by atoms with Gasteiger partial charge >= 0.3 is 6.03 Å². The van der Waals surface area contributed by atoms with Gasteiger partial charge in [0.2, 0.25) is 0 Å². The second-order valence-corrected chi connectivity index (χ2v) is 7.20. The van der Waals surface area contributed by atoms with Gasteiger partial charge < -0.3 is 20.1 Å². The molecule has 1 saturated carbocycles. The molecule has 1 aliphatic carbocycles. The van der Waals surface area contributed by atoms with Crippen molar-refractivity contribution in [2.75, 3.05) is 19.8 Å². The minimum atomic E-state index is -0.0518. The lowest BCUT2D eigenvalue weighted by atomic mass is 9.89. The van der Waals surface area contributed by atoms with Gasteiger partial charge in [-0.25, -0.2) is 4.79 Å². The maximum absolute atomic E-state index is 12.1. The molecule has 2 aliphatic rings. The highest BCUT2D eigenvalue weighted by molar-refractivity contribution is 5.74. The van der Waals surface area contributed by atoms with Crippen LogP contribution in [0.3, 0.4) is 0 Å². The molecule has 0 bridgehead atoms. The summed E-state index contributed by atoms with van der Waals surface area (Å²) in [7, 11) is 0. The Kier molecular flexibility index (Phi) is 6.56. The lowest BCUT2D eigenvalue weighted by Gasteiger charge is -2.38. The first-order valence-electron chi connectivity index (χ1n) is 9.62. The van der Waals surface area contributed by atoms with Gasteiger partial charge in [0.1, 0.15) is 5.75 Å². The van der Waals surface area contributed by atoms with Crippen LogP contribution in [-0.4, -0.2) is 37.4 Å². The molecule has 1 aromatic carbocycles. The molecule has 1 atom stereocenters. The van der Waals surface area contributed by atoms with Crippen molar-refractivity contribution in [1.29, 1.82) is 0 Å². The SMILES string of the molecule is O=C(NCCCCOc1ccccc1)N[C@@H]1CCOC2(CCCC2)C1. The zero-order valence-electron chi connectivity index (χ0n) is 15.0. The van der Waals surface area contributed by atoms with E-state index in [-0.39, 0.29) is 17.7 Å². The van der Waals surface area contributed by atoms with E-state index in [1.54, 1.807) is 0 Å². The Hall–Kier alpha value is -1.75. The smallest absolute Gasteiger partial charge is 0.315 e. The van der Waals surface area contributed by atoms with Crippen molar-refractivity contribution in [2.45, 2.75) is 63.0 Å². The molecule has 2 fully saturated rings. The summed E-state index contributed by atoms with van der Waals surface area (Å²) in [5.41, 5.74) is 0.0466. The predicted octanol–water partition coefficient (Wildman–Crippen LogP) is 3.64. The Balaban J connectivity index is 1.25. The number of amides is 2. The highest BCUT2D eigenvalue weighted by Gasteiger charge is 2.40. The van der Waals surface area contributed by atoms with Gasteiger partial charge in [0.15, 0.2) is 0 Å². The largest absolute Gasteiger partial charge is 0.494 e. The molecular formula is C20H30N2O3. The molecule has 1 saturated heterocycles. The summed E-state index contributed by atoms with van der Waals surface area (Å²) in [5, 5.41) is 6.09. The fourth-order valence-corrected chi connectivity index (χ4v) is 3.89. The van der Waals surface area contributed by atoms with E-state index in [4.69, 9.17) is 9.47 Å². The maximum atomic E-state index is 12.1. The highest BCUT2D eigenvalue weighted by atomic mass is 16.5. The summed E-state index contributed by atoms with van der Waals surface area (Å²) < 4.78 is 11.7. The number of unbranched alkanes of at least 4 members (excludes halogenated alkanes) is 1. The van der Waals surface area contributed by atoms with Crippen molar-refractivity contribution in [2.24, 2.45) is 0 Å². The van der Waals surface area contributed by atoms with Gasteiger partial charge in [-0.05, 0) is 50.7 Å². The summed E-state index contributed by atoms with van der Waals surface area (Å²) in [6, 6.07) is 10.0. The second kappa shape index (κ2) is 9.09. The first kappa shape index (κ1) is 18.1. The molecule has 3 rings (SSSR count). The molecular weight excluding hydrogens is 316 g/mol. The van der Waals surface area contributed by atoms with Gasteiger partial charge in [-0.3, -0.25) is 0 Å². The number of carbonyl (C=O) groups is 1. The average molecular weight is 346 g/mol. The van der Waals surface area contributed by atoms with E-state index in [0.717, 1.165) is 50.9 Å². The normalized spacial score (nSPS) is 21.8. The first-order chi connectivity index (χ1) is 12.3. The van der Waals surface area contributed by atoms with E-state index in [0.29, 0.717) is 13.2 Å². The Bertz CT molecular complexity index is 529. The van der Waals surface area contributed by atoms with Gasteiger partial charge in [0, 0.05) is 19.2 Å². The minimum absolute atomic E-state index is 0.0466. The molecule has 0 unspecified atom stereocenters. The van der Waals surface area contributed by atoms with Gasteiger partial charge in [-0.1, -0.05) is 31.0 Å². The standard InChI is InChI=1S/C20H30N2O3/c23-19(21-13-6-7-14-24-18-8-2-1-3-9-18)22-17-10-15-25-20(16-17)11-4-5-12-20/h1-3,8-9,17H,4-7,10-16H2,(H2,21,22,23)/t17-/m1/s1. The van der Waals surface area contributed by atoms with E-state index in [1.165, 1.54) is 12.8 Å². The number of rotatable bonds is 7. The third-order valence-electron chi connectivity index (χ3n) is 5.21. The molecule has 0 radical (unpaired) electrons. The Labute approximate surface area is 150 Å². The van der Waals surface area contributed by atoms with Crippen molar-refractivity contribution in [1.82, 2.24) is 10.6 Å². The maximum Gasteiger partial charge on any atom is 0.315 e. The Morgan fingerprint density at radius 3 is 2.80 bits per heavy atom. The van der Waals surface area contributed by atoms with Gasteiger partial charge in [0.05, 0.1) is 12.2 Å². The van der Waals surface area contributed by atoms with Crippen molar-refractivity contribution < 1.29 is 14.3 Å². The third-order valence-corrected chi connectivity index (χ3v) is 5.21. The van der Waals surface area contributed by atoms with Gasteiger partial charge in [-0.15, -0.1) is 0 Å². The molecule has 1 heterocycles. The van der Waals surface area contributed by atoms with Gasteiger partial charge in [0.25, 0.3) is 0 Å². The summed E-state index contributed by atoms with van der Waals surface area (Å²) in [6.45, 7) is 2.12. The van der Waals surface area contributed by atoms with Crippen LogP contribution in [-0.2, 0) is 4.74 Å². The minimum Gasteiger partial charge on any atom is -0.494 e. The van der Waals surface area contributed by atoms with Crippen molar-refractivity contribution in [3.05, 3.63) is 30.3 Å².